The third-order valence-corrected chi connectivity index (χ3v) is 2.87. The summed E-state index contributed by atoms with van der Waals surface area (Å²) < 4.78 is 5.22. The van der Waals surface area contributed by atoms with E-state index in [1.54, 1.807) is 7.11 Å². The van der Waals surface area contributed by atoms with E-state index in [1.807, 2.05) is 13.8 Å². The van der Waals surface area contributed by atoms with Crippen molar-refractivity contribution in [2.45, 2.75) is 33.7 Å². The van der Waals surface area contributed by atoms with Gasteiger partial charge in [-0.25, -0.2) is 15.8 Å². The molecule has 1 atom stereocenters. The van der Waals surface area contributed by atoms with E-state index in [1.165, 1.54) is 0 Å². The number of hydrazine groups is 1. The zero-order valence-electron chi connectivity index (χ0n) is 11.7. The predicted octanol–water partition coefficient (Wildman–Crippen LogP) is 1.46. The Bertz CT molecular complexity index is 394. The molecule has 0 radical (unpaired) electrons. The van der Waals surface area contributed by atoms with E-state index in [0.29, 0.717) is 24.2 Å². The maximum atomic E-state index is 5.44. The zero-order valence-corrected chi connectivity index (χ0v) is 11.7. The summed E-state index contributed by atoms with van der Waals surface area (Å²) in [6, 6.07) is 0.202. The summed E-state index contributed by atoms with van der Waals surface area (Å²) in [6.45, 7) is 8.68. The van der Waals surface area contributed by atoms with Crippen LogP contribution < -0.4 is 16.6 Å². The van der Waals surface area contributed by atoms with Crippen molar-refractivity contribution in [3.05, 3.63) is 11.4 Å². The number of nitrogens with zero attached hydrogens (tertiary/aromatic N) is 2. The van der Waals surface area contributed by atoms with Crippen molar-refractivity contribution in [1.29, 1.82) is 0 Å². The molecule has 0 aliphatic heterocycles. The van der Waals surface area contributed by atoms with Gasteiger partial charge in [0.25, 0.3) is 0 Å². The van der Waals surface area contributed by atoms with Crippen molar-refractivity contribution in [2.75, 3.05) is 24.5 Å². The monoisotopic (exact) mass is 253 g/mol. The fourth-order valence-corrected chi connectivity index (χ4v) is 1.67. The minimum atomic E-state index is 0.202. The van der Waals surface area contributed by atoms with Crippen LogP contribution in [-0.2, 0) is 4.74 Å². The summed E-state index contributed by atoms with van der Waals surface area (Å²) in [6.07, 6.45) is 0. The summed E-state index contributed by atoms with van der Waals surface area (Å²) >= 11 is 0. The summed E-state index contributed by atoms with van der Waals surface area (Å²) in [5, 5.41) is 3.39. The van der Waals surface area contributed by atoms with Crippen molar-refractivity contribution >= 4 is 11.6 Å². The topological polar surface area (TPSA) is 85.1 Å². The van der Waals surface area contributed by atoms with Crippen molar-refractivity contribution in [1.82, 2.24) is 9.97 Å². The Balaban J connectivity index is 2.98. The van der Waals surface area contributed by atoms with Crippen LogP contribution in [0.1, 0.15) is 25.2 Å². The van der Waals surface area contributed by atoms with Crippen LogP contribution in [0.25, 0.3) is 0 Å². The maximum Gasteiger partial charge on any atom is 0.148 e. The van der Waals surface area contributed by atoms with Crippen LogP contribution in [0, 0.1) is 19.8 Å². The fourth-order valence-electron chi connectivity index (χ4n) is 1.67. The van der Waals surface area contributed by atoms with Gasteiger partial charge >= 0.3 is 0 Å². The molecule has 18 heavy (non-hydrogen) atoms. The second-order valence-electron chi connectivity index (χ2n) is 4.69. The lowest BCUT2D eigenvalue weighted by Crippen LogP contribution is -2.31. The molecule has 0 amide bonds. The normalized spacial score (nSPS) is 12.6. The molecule has 0 saturated carbocycles. The zero-order chi connectivity index (χ0) is 13.7. The Kier molecular flexibility index (Phi) is 5.30. The Morgan fingerprint density at radius 2 is 1.83 bits per heavy atom. The summed E-state index contributed by atoms with van der Waals surface area (Å²) in [5.41, 5.74) is 3.50. The number of aryl methyl sites for hydroxylation is 1. The molecule has 0 bridgehead atoms. The van der Waals surface area contributed by atoms with Crippen LogP contribution in [0.15, 0.2) is 0 Å². The molecule has 1 rings (SSSR count). The van der Waals surface area contributed by atoms with Crippen molar-refractivity contribution in [2.24, 2.45) is 11.8 Å². The quantitative estimate of drug-likeness (QED) is 0.526. The maximum absolute atomic E-state index is 5.44. The van der Waals surface area contributed by atoms with Crippen molar-refractivity contribution in [3.63, 3.8) is 0 Å². The highest BCUT2D eigenvalue weighted by molar-refractivity contribution is 5.57. The molecular formula is C12H23N5O. The molecule has 0 aromatic carbocycles. The smallest absolute Gasteiger partial charge is 0.148 e. The minimum absolute atomic E-state index is 0.202. The highest BCUT2D eigenvalue weighted by atomic mass is 16.5. The van der Waals surface area contributed by atoms with Gasteiger partial charge in [0.15, 0.2) is 0 Å². The average molecular weight is 253 g/mol. The molecule has 102 valence electrons. The van der Waals surface area contributed by atoms with E-state index in [9.17, 15) is 0 Å². The largest absolute Gasteiger partial charge is 0.383 e. The van der Waals surface area contributed by atoms with E-state index < -0.39 is 0 Å². The average Bonchev–Trinajstić information content (AvgIpc) is 2.32. The number of nitrogens with one attached hydrogen (secondary N) is 2. The Morgan fingerprint density at radius 1 is 1.22 bits per heavy atom. The van der Waals surface area contributed by atoms with Crippen molar-refractivity contribution in [3.8, 4) is 0 Å². The molecule has 1 unspecified atom stereocenters. The lowest BCUT2D eigenvalue weighted by atomic mass is 10.1. The third kappa shape index (κ3) is 3.54. The number of methoxy groups -OCH3 is 1. The van der Waals surface area contributed by atoms with Crippen LogP contribution in [-0.4, -0.2) is 29.7 Å². The number of hydrogen-bond donors (Lipinski definition) is 3. The molecule has 0 saturated heterocycles. The highest BCUT2D eigenvalue weighted by Gasteiger charge is 2.16. The molecule has 0 aliphatic rings. The minimum Gasteiger partial charge on any atom is -0.383 e. The van der Waals surface area contributed by atoms with Crippen LogP contribution >= 0.6 is 0 Å². The second kappa shape index (κ2) is 6.51. The fraction of sp³-hybridized carbons (Fsp3) is 0.667. The number of anilines is 2. The SMILES string of the molecule is COCC(Nc1nc(C)nc(NN)c1C)C(C)C. The van der Waals surface area contributed by atoms with Gasteiger partial charge < -0.3 is 15.5 Å². The van der Waals surface area contributed by atoms with Gasteiger partial charge in [-0.15, -0.1) is 0 Å². The number of ether oxygens (including phenoxy) is 1. The van der Waals surface area contributed by atoms with Gasteiger partial charge in [-0.05, 0) is 19.8 Å². The summed E-state index contributed by atoms with van der Waals surface area (Å²) in [5.74, 6) is 8.00. The molecule has 0 aliphatic carbocycles. The molecule has 0 spiro atoms. The van der Waals surface area contributed by atoms with Gasteiger partial charge in [0.05, 0.1) is 12.6 Å². The van der Waals surface area contributed by atoms with Gasteiger partial charge in [0, 0.05) is 12.7 Å². The highest BCUT2D eigenvalue weighted by Crippen LogP contribution is 2.21. The van der Waals surface area contributed by atoms with E-state index >= 15 is 0 Å². The molecule has 0 fully saturated rings. The number of rotatable bonds is 6. The van der Waals surface area contributed by atoms with Crippen LogP contribution in [0.2, 0.25) is 0 Å². The molecule has 1 aromatic heterocycles. The first-order chi connectivity index (χ1) is 8.49. The Hall–Kier alpha value is -1.40. The lowest BCUT2D eigenvalue weighted by Gasteiger charge is -2.23. The molecule has 6 nitrogen and oxygen atoms in total. The summed E-state index contributed by atoms with van der Waals surface area (Å²) in [4.78, 5) is 8.64. The van der Waals surface area contributed by atoms with Gasteiger partial charge in [0.2, 0.25) is 0 Å². The summed E-state index contributed by atoms with van der Waals surface area (Å²) in [7, 11) is 1.70. The second-order valence-corrected chi connectivity index (χ2v) is 4.69. The van der Waals surface area contributed by atoms with Crippen molar-refractivity contribution < 1.29 is 4.74 Å². The number of nitrogens with two attached hydrogens (primary N) is 1. The predicted molar refractivity (Wildman–Crippen MR) is 73.4 cm³/mol. The third-order valence-electron chi connectivity index (χ3n) is 2.87. The Labute approximate surface area is 108 Å². The van der Waals surface area contributed by atoms with E-state index in [2.05, 4.69) is 34.6 Å². The van der Waals surface area contributed by atoms with Gasteiger partial charge in [-0.2, -0.15) is 0 Å². The van der Waals surface area contributed by atoms with Crippen LogP contribution in [0.4, 0.5) is 11.6 Å². The first-order valence-electron chi connectivity index (χ1n) is 6.06. The molecular weight excluding hydrogens is 230 g/mol. The lowest BCUT2D eigenvalue weighted by molar-refractivity contribution is 0.171. The first-order valence-corrected chi connectivity index (χ1v) is 6.06. The molecule has 6 heteroatoms. The molecule has 1 heterocycles. The van der Waals surface area contributed by atoms with Gasteiger partial charge in [0.1, 0.15) is 17.5 Å². The van der Waals surface area contributed by atoms with Gasteiger partial charge in [-0.3, -0.25) is 0 Å². The molecule has 4 N–H and O–H groups in total. The van der Waals surface area contributed by atoms with Gasteiger partial charge in [-0.1, -0.05) is 13.8 Å². The molecule has 1 aromatic rings. The van der Waals surface area contributed by atoms with E-state index in [-0.39, 0.29) is 6.04 Å². The van der Waals surface area contributed by atoms with Crippen LogP contribution in [0.5, 0.6) is 0 Å². The van der Waals surface area contributed by atoms with Crippen LogP contribution in [0.3, 0.4) is 0 Å². The number of nitrogen functional groups attached to an aromatic ring is 1. The number of hydrogen-bond acceptors (Lipinski definition) is 6. The Morgan fingerprint density at radius 3 is 2.33 bits per heavy atom. The van der Waals surface area contributed by atoms with E-state index in [0.717, 1.165) is 11.4 Å². The van der Waals surface area contributed by atoms with E-state index in [4.69, 9.17) is 10.6 Å². The first kappa shape index (κ1) is 14.7. The number of aromatic nitrogens is 2. The standard InChI is InChI=1S/C12H23N5O/c1-7(2)10(6-18-5)16-11-8(3)12(17-13)15-9(4)14-11/h7,10H,6,13H2,1-5H3,(H2,14,15,16,17).